The average Bonchev–Trinajstić information content (AvgIpc) is 3.35. The van der Waals surface area contributed by atoms with Gasteiger partial charge in [-0.15, -0.1) is 24.9 Å². The number of carbonyl (C=O) groups is 3. The summed E-state index contributed by atoms with van der Waals surface area (Å²) in [5, 5.41) is 10.1. The van der Waals surface area contributed by atoms with Gasteiger partial charge in [-0.25, -0.2) is 0 Å². The van der Waals surface area contributed by atoms with Gasteiger partial charge in [0.2, 0.25) is 11.8 Å². The van der Waals surface area contributed by atoms with Crippen LogP contribution < -0.4 is 0 Å². The van der Waals surface area contributed by atoms with Crippen LogP contribution in [0.4, 0.5) is 0 Å². The van der Waals surface area contributed by atoms with E-state index < -0.39 is 39.0 Å². The number of esters is 1. The maximum atomic E-state index is 14.6. The van der Waals surface area contributed by atoms with E-state index in [2.05, 4.69) is 47.8 Å². The van der Waals surface area contributed by atoms with Crippen molar-refractivity contribution in [1.29, 1.82) is 0 Å². The normalized spacial score (nSPS) is 31.7. The highest BCUT2D eigenvalue weighted by molar-refractivity contribution is 8.02. The highest BCUT2D eigenvalue weighted by atomic mass is 32.2. The summed E-state index contributed by atoms with van der Waals surface area (Å²) in [6, 6.07) is -1.33. The summed E-state index contributed by atoms with van der Waals surface area (Å²) in [5.41, 5.74) is -0.522. The van der Waals surface area contributed by atoms with Crippen LogP contribution in [0, 0.1) is 17.3 Å². The van der Waals surface area contributed by atoms with E-state index in [0.29, 0.717) is 19.4 Å². The Kier molecular flexibility index (Phi) is 8.36. The third kappa shape index (κ3) is 5.12. The van der Waals surface area contributed by atoms with Crippen LogP contribution in [-0.4, -0.2) is 79.6 Å². The lowest BCUT2D eigenvalue weighted by Crippen LogP contribution is -2.61. The van der Waals surface area contributed by atoms with E-state index in [0.717, 1.165) is 12.8 Å². The third-order valence-electron chi connectivity index (χ3n) is 8.28. The van der Waals surface area contributed by atoms with Crippen molar-refractivity contribution in [3.05, 3.63) is 25.3 Å². The van der Waals surface area contributed by atoms with E-state index in [1.807, 2.05) is 11.8 Å². The fraction of sp³-hybridized carbons (Fsp3) is 0.759. The number of fused-ring (bicyclic) bond motifs is 1. The maximum absolute atomic E-state index is 14.6. The van der Waals surface area contributed by atoms with E-state index in [1.165, 1.54) is 0 Å². The molecule has 0 aromatic rings. The maximum Gasteiger partial charge on any atom is 0.311 e. The number of hydrogen-bond acceptors (Lipinski definition) is 6. The van der Waals surface area contributed by atoms with Crippen LogP contribution in [0.3, 0.4) is 0 Å². The second-order valence-electron chi connectivity index (χ2n) is 13.0. The van der Waals surface area contributed by atoms with Gasteiger partial charge in [0.25, 0.3) is 0 Å². The third-order valence-corrected chi connectivity index (χ3v) is 10.3. The van der Waals surface area contributed by atoms with Crippen molar-refractivity contribution < 1.29 is 24.2 Å². The van der Waals surface area contributed by atoms with Crippen molar-refractivity contribution >= 4 is 29.5 Å². The summed E-state index contributed by atoms with van der Waals surface area (Å²) in [4.78, 5) is 45.6. The van der Waals surface area contributed by atoms with Crippen LogP contribution >= 0.6 is 11.8 Å². The minimum atomic E-state index is -0.774. The van der Waals surface area contributed by atoms with E-state index in [-0.39, 0.29) is 36.4 Å². The second-order valence-corrected chi connectivity index (χ2v) is 14.9. The lowest BCUT2D eigenvalue weighted by atomic mass is 9.66. The molecule has 2 unspecified atom stereocenters. The zero-order chi connectivity index (χ0) is 28.0. The topological polar surface area (TPSA) is 87.1 Å². The molecule has 2 amide bonds. The first-order valence-corrected chi connectivity index (χ1v) is 14.2. The molecule has 7 nitrogen and oxygen atoms in total. The molecule has 3 fully saturated rings. The molecule has 2 bridgehead atoms. The van der Waals surface area contributed by atoms with Gasteiger partial charge in [-0.2, -0.15) is 0 Å². The van der Waals surface area contributed by atoms with Gasteiger partial charge in [-0.1, -0.05) is 32.9 Å². The van der Waals surface area contributed by atoms with Crippen molar-refractivity contribution in [3.63, 3.8) is 0 Å². The monoisotopic (exact) mass is 534 g/mol. The number of rotatable bonds is 11. The standard InChI is InChI=1S/C29H46N2O5S/c1-10-12-16-36-25(35)21-20-23(33)31(19(3)17-32)22(29(20)14-13-28(21,9)37-29)24(34)30(15-11-2)27(7,8)18-26(4,5)6/h10-11,19-22,32H,1-2,12-18H2,3-9H3/t19-,20+,21+,22?,28-,29?/m1/s1. The quantitative estimate of drug-likeness (QED) is 0.243. The Labute approximate surface area is 227 Å². The summed E-state index contributed by atoms with van der Waals surface area (Å²) in [6.45, 7) is 22.3. The highest BCUT2D eigenvalue weighted by Crippen LogP contribution is 2.71. The van der Waals surface area contributed by atoms with Gasteiger partial charge in [-0.05, 0) is 58.8 Å². The van der Waals surface area contributed by atoms with Gasteiger partial charge in [0.1, 0.15) is 6.04 Å². The molecule has 3 saturated heterocycles. The Morgan fingerprint density at radius 3 is 2.43 bits per heavy atom. The van der Waals surface area contributed by atoms with Crippen LogP contribution in [0.2, 0.25) is 0 Å². The van der Waals surface area contributed by atoms with Crippen LogP contribution in [0.1, 0.15) is 74.1 Å². The number of nitrogens with zero attached hydrogens (tertiary/aromatic N) is 2. The van der Waals surface area contributed by atoms with Gasteiger partial charge in [0.05, 0.1) is 35.8 Å². The minimum Gasteiger partial charge on any atom is -0.465 e. The van der Waals surface area contributed by atoms with Crippen LogP contribution in [0.25, 0.3) is 0 Å². The molecule has 0 aromatic heterocycles. The highest BCUT2D eigenvalue weighted by Gasteiger charge is 2.78. The second kappa shape index (κ2) is 10.4. The molecule has 8 heteroatoms. The Bertz CT molecular complexity index is 943. The van der Waals surface area contributed by atoms with E-state index in [4.69, 9.17) is 4.74 Å². The average molecular weight is 535 g/mol. The van der Waals surface area contributed by atoms with Crippen molar-refractivity contribution in [3.8, 4) is 0 Å². The van der Waals surface area contributed by atoms with Crippen molar-refractivity contribution in [2.75, 3.05) is 19.8 Å². The molecule has 3 rings (SSSR count). The molecule has 1 N–H and O–H groups in total. The number of aliphatic hydroxyl groups is 1. The lowest BCUT2D eigenvalue weighted by Gasteiger charge is -2.46. The Hall–Kier alpha value is -1.80. The van der Waals surface area contributed by atoms with Gasteiger partial charge < -0.3 is 19.6 Å². The molecule has 0 saturated carbocycles. The van der Waals surface area contributed by atoms with Crippen LogP contribution in [-0.2, 0) is 19.1 Å². The number of thioether (sulfide) groups is 1. The molecule has 1 spiro atoms. The molecular formula is C29H46N2O5S. The molecule has 3 aliphatic heterocycles. The first kappa shape index (κ1) is 29.8. The number of carbonyl (C=O) groups excluding carboxylic acids is 3. The fourth-order valence-electron chi connectivity index (χ4n) is 7.20. The molecular weight excluding hydrogens is 488 g/mol. The molecule has 37 heavy (non-hydrogen) atoms. The summed E-state index contributed by atoms with van der Waals surface area (Å²) >= 11 is 1.62. The smallest absolute Gasteiger partial charge is 0.311 e. The lowest BCUT2D eigenvalue weighted by molar-refractivity contribution is -0.156. The largest absolute Gasteiger partial charge is 0.465 e. The van der Waals surface area contributed by atoms with Crippen molar-refractivity contribution in [1.82, 2.24) is 9.80 Å². The fourth-order valence-corrected chi connectivity index (χ4v) is 9.53. The first-order valence-electron chi connectivity index (χ1n) is 13.4. The predicted octanol–water partition coefficient (Wildman–Crippen LogP) is 4.20. The zero-order valence-electron chi connectivity index (χ0n) is 23.7. The molecule has 3 aliphatic rings. The van der Waals surface area contributed by atoms with Gasteiger partial charge in [-0.3, -0.25) is 14.4 Å². The molecule has 6 atom stereocenters. The molecule has 0 radical (unpaired) electrons. The van der Waals surface area contributed by atoms with E-state index in [9.17, 15) is 19.5 Å². The molecule has 0 aliphatic carbocycles. The van der Waals surface area contributed by atoms with Crippen molar-refractivity contribution in [2.45, 2.75) is 101 Å². The summed E-state index contributed by atoms with van der Waals surface area (Å²) in [7, 11) is 0. The molecule has 3 heterocycles. The first-order chi connectivity index (χ1) is 17.1. The van der Waals surface area contributed by atoms with Crippen LogP contribution in [0.15, 0.2) is 25.3 Å². The number of amides is 2. The summed E-state index contributed by atoms with van der Waals surface area (Å²) in [5.74, 6) is -2.04. The molecule has 208 valence electrons. The van der Waals surface area contributed by atoms with E-state index >= 15 is 0 Å². The number of aliphatic hydroxyl groups excluding tert-OH is 1. The Balaban J connectivity index is 2.09. The predicted molar refractivity (Wildman–Crippen MR) is 148 cm³/mol. The number of hydrogen-bond donors (Lipinski definition) is 1. The Morgan fingerprint density at radius 2 is 1.89 bits per heavy atom. The van der Waals surface area contributed by atoms with Crippen LogP contribution in [0.5, 0.6) is 0 Å². The van der Waals surface area contributed by atoms with Gasteiger partial charge in [0.15, 0.2) is 0 Å². The summed E-state index contributed by atoms with van der Waals surface area (Å²) in [6.07, 6.45) is 6.11. The van der Waals surface area contributed by atoms with Crippen molar-refractivity contribution in [2.24, 2.45) is 17.3 Å². The zero-order valence-corrected chi connectivity index (χ0v) is 24.5. The minimum absolute atomic E-state index is 0.0259. The summed E-state index contributed by atoms with van der Waals surface area (Å²) < 4.78 is 4.37. The van der Waals surface area contributed by atoms with E-state index in [1.54, 1.807) is 35.7 Å². The Morgan fingerprint density at radius 1 is 1.24 bits per heavy atom. The number of ether oxygens (including phenoxy) is 1. The number of likely N-dealkylation sites (tertiary alicyclic amines) is 1. The SMILES string of the molecule is C=CCCOC(=O)[C@@H]1[C@H]2C(=O)N([C@H](C)CO)C(C(=O)N(CC=C)C(C)(C)CC(C)(C)C)C23CC[C@@]1(C)S3. The molecule has 0 aromatic carbocycles. The van der Waals surface area contributed by atoms with Gasteiger partial charge in [0, 0.05) is 16.8 Å². The van der Waals surface area contributed by atoms with Gasteiger partial charge >= 0.3 is 5.97 Å².